The SMILES string of the molecule is FC(F)c1nnc2ccc(N[C@@H]3CCO[C@@]4(CCSC4)C3)nn12. The molecule has 0 unspecified atom stereocenters. The topological polar surface area (TPSA) is 64.3 Å². The van der Waals surface area contributed by atoms with Crippen molar-refractivity contribution < 1.29 is 13.5 Å². The van der Waals surface area contributed by atoms with Gasteiger partial charge >= 0.3 is 0 Å². The third-order valence-electron chi connectivity index (χ3n) is 4.39. The molecular weight excluding hydrogens is 324 g/mol. The minimum Gasteiger partial charge on any atom is -0.374 e. The number of thioether (sulfide) groups is 1. The van der Waals surface area contributed by atoms with Gasteiger partial charge in [0.2, 0.25) is 5.82 Å². The molecule has 2 aromatic rings. The highest BCUT2D eigenvalue weighted by atomic mass is 32.2. The number of hydrogen-bond acceptors (Lipinski definition) is 6. The van der Waals surface area contributed by atoms with Crippen LogP contribution < -0.4 is 5.32 Å². The Bertz CT molecular complexity index is 704. The van der Waals surface area contributed by atoms with E-state index in [-0.39, 0.29) is 11.6 Å². The Morgan fingerprint density at radius 3 is 3.09 bits per heavy atom. The molecule has 9 heteroatoms. The smallest absolute Gasteiger partial charge is 0.299 e. The molecule has 124 valence electrons. The molecule has 0 saturated carbocycles. The van der Waals surface area contributed by atoms with Gasteiger partial charge in [0, 0.05) is 18.4 Å². The Morgan fingerprint density at radius 2 is 2.30 bits per heavy atom. The first-order chi connectivity index (χ1) is 11.2. The van der Waals surface area contributed by atoms with Crippen LogP contribution in [0.1, 0.15) is 31.5 Å². The highest BCUT2D eigenvalue weighted by Crippen LogP contribution is 2.38. The third kappa shape index (κ3) is 2.87. The van der Waals surface area contributed by atoms with Crippen LogP contribution in [0.5, 0.6) is 0 Å². The van der Waals surface area contributed by atoms with Crippen LogP contribution in [-0.4, -0.2) is 49.6 Å². The fourth-order valence-corrected chi connectivity index (χ4v) is 4.62. The summed E-state index contributed by atoms with van der Waals surface area (Å²) < 4.78 is 32.9. The van der Waals surface area contributed by atoms with Gasteiger partial charge < -0.3 is 10.1 Å². The van der Waals surface area contributed by atoms with Crippen molar-refractivity contribution in [1.82, 2.24) is 19.8 Å². The largest absolute Gasteiger partial charge is 0.374 e. The number of rotatable bonds is 3. The summed E-state index contributed by atoms with van der Waals surface area (Å²) in [4.78, 5) is 0. The van der Waals surface area contributed by atoms with Gasteiger partial charge in [-0.1, -0.05) is 0 Å². The molecule has 2 atom stereocenters. The second kappa shape index (κ2) is 5.86. The van der Waals surface area contributed by atoms with Crippen LogP contribution in [0.3, 0.4) is 0 Å². The maximum Gasteiger partial charge on any atom is 0.299 e. The van der Waals surface area contributed by atoms with E-state index in [1.54, 1.807) is 12.1 Å². The van der Waals surface area contributed by atoms with Crippen molar-refractivity contribution in [2.75, 3.05) is 23.4 Å². The number of anilines is 1. The molecule has 0 radical (unpaired) electrons. The van der Waals surface area contributed by atoms with Crippen LogP contribution in [0.15, 0.2) is 12.1 Å². The van der Waals surface area contributed by atoms with Crippen LogP contribution in [0.25, 0.3) is 5.65 Å². The van der Waals surface area contributed by atoms with E-state index in [0.717, 1.165) is 41.9 Å². The number of alkyl halides is 2. The predicted molar refractivity (Wildman–Crippen MR) is 83.0 cm³/mol. The average Bonchev–Trinajstić information content (AvgIpc) is 3.14. The lowest BCUT2D eigenvalue weighted by molar-refractivity contribution is -0.0628. The summed E-state index contributed by atoms with van der Waals surface area (Å²) in [5.41, 5.74) is 0.288. The van der Waals surface area contributed by atoms with Crippen LogP contribution in [0, 0.1) is 0 Å². The fraction of sp³-hybridized carbons (Fsp3) is 0.643. The van der Waals surface area contributed by atoms with Gasteiger partial charge in [0.25, 0.3) is 6.43 Å². The average molecular weight is 341 g/mol. The zero-order valence-electron chi connectivity index (χ0n) is 12.4. The molecule has 23 heavy (non-hydrogen) atoms. The third-order valence-corrected chi connectivity index (χ3v) is 5.62. The van der Waals surface area contributed by atoms with Crippen molar-refractivity contribution in [2.45, 2.75) is 37.3 Å². The summed E-state index contributed by atoms with van der Waals surface area (Å²) in [6.07, 6.45) is 0.178. The van der Waals surface area contributed by atoms with Crippen molar-refractivity contribution >= 4 is 23.2 Å². The van der Waals surface area contributed by atoms with E-state index in [0.29, 0.717) is 11.5 Å². The van der Waals surface area contributed by atoms with Crippen molar-refractivity contribution in [1.29, 1.82) is 0 Å². The Hall–Kier alpha value is -1.48. The van der Waals surface area contributed by atoms with Gasteiger partial charge in [0.15, 0.2) is 5.65 Å². The second-order valence-electron chi connectivity index (χ2n) is 6.02. The fourth-order valence-electron chi connectivity index (χ4n) is 3.24. The van der Waals surface area contributed by atoms with Gasteiger partial charge in [-0.2, -0.15) is 16.3 Å². The van der Waals surface area contributed by atoms with Gasteiger partial charge in [-0.15, -0.1) is 15.3 Å². The van der Waals surface area contributed by atoms with E-state index >= 15 is 0 Å². The van der Waals surface area contributed by atoms with Gasteiger partial charge in [0.05, 0.1) is 5.60 Å². The molecule has 2 fully saturated rings. The zero-order valence-corrected chi connectivity index (χ0v) is 13.2. The summed E-state index contributed by atoms with van der Waals surface area (Å²) >= 11 is 1.92. The highest BCUT2D eigenvalue weighted by Gasteiger charge is 2.40. The number of halogens is 2. The van der Waals surface area contributed by atoms with Gasteiger partial charge in [0.1, 0.15) is 5.82 Å². The highest BCUT2D eigenvalue weighted by molar-refractivity contribution is 7.99. The normalized spacial score (nSPS) is 28.0. The van der Waals surface area contributed by atoms with Crippen LogP contribution in [0.2, 0.25) is 0 Å². The molecule has 2 aromatic heterocycles. The Morgan fingerprint density at radius 1 is 1.39 bits per heavy atom. The lowest BCUT2D eigenvalue weighted by Gasteiger charge is -2.38. The number of nitrogens with zero attached hydrogens (tertiary/aromatic N) is 4. The van der Waals surface area contributed by atoms with Crippen LogP contribution >= 0.6 is 11.8 Å². The number of hydrogen-bond donors (Lipinski definition) is 1. The molecule has 1 N–H and O–H groups in total. The molecule has 4 rings (SSSR count). The standard InChI is InChI=1S/C14H17F2N5OS/c15-12(16)13-19-18-11-2-1-10(20-21(11)13)17-9-3-5-22-14(7-9)4-6-23-8-14/h1-2,9,12H,3-8H2,(H,17,20)/t9-,14+/m1/s1. The molecule has 1 spiro atoms. The van der Waals surface area contributed by atoms with Gasteiger partial charge in [-0.3, -0.25) is 0 Å². The molecule has 4 heterocycles. The van der Waals surface area contributed by atoms with E-state index < -0.39 is 12.2 Å². The molecule has 0 aromatic carbocycles. The summed E-state index contributed by atoms with van der Waals surface area (Å²) in [6, 6.07) is 3.64. The zero-order chi connectivity index (χ0) is 15.9. The van der Waals surface area contributed by atoms with E-state index in [1.807, 2.05) is 11.8 Å². The Labute approximate surface area is 136 Å². The monoisotopic (exact) mass is 341 g/mol. The van der Waals surface area contributed by atoms with E-state index in [1.165, 1.54) is 0 Å². The molecule has 2 aliphatic rings. The maximum atomic E-state index is 12.9. The first-order valence-corrected chi connectivity index (χ1v) is 8.79. The van der Waals surface area contributed by atoms with Crippen LogP contribution in [0.4, 0.5) is 14.6 Å². The summed E-state index contributed by atoms with van der Waals surface area (Å²) in [6.45, 7) is 0.718. The van der Waals surface area contributed by atoms with E-state index in [2.05, 4.69) is 20.6 Å². The first kappa shape index (κ1) is 15.1. The summed E-state index contributed by atoms with van der Waals surface area (Å²) in [5, 5.41) is 14.8. The summed E-state index contributed by atoms with van der Waals surface area (Å²) in [5.74, 6) is 2.29. The molecule has 0 aliphatic carbocycles. The van der Waals surface area contributed by atoms with E-state index in [9.17, 15) is 8.78 Å². The molecular formula is C14H17F2N5OS. The predicted octanol–water partition coefficient (Wildman–Crippen LogP) is 2.53. The maximum absolute atomic E-state index is 12.9. The van der Waals surface area contributed by atoms with Crippen LogP contribution in [-0.2, 0) is 4.74 Å². The first-order valence-electron chi connectivity index (χ1n) is 7.64. The number of nitrogens with one attached hydrogen (secondary N) is 1. The van der Waals surface area contributed by atoms with E-state index in [4.69, 9.17) is 4.74 Å². The van der Waals surface area contributed by atoms with Crippen molar-refractivity contribution in [3.8, 4) is 0 Å². The van der Waals surface area contributed by atoms with Crippen molar-refractivity contribution in [2.24, 2.45) is 0 Å². The second-order valence-corrected chi connectivity index (χ2v) is 7.12. The van der Waals surface area contributed by atoms with Crippen molar-refractivity contribution in [3.05, 3.63) is 18.0 Å². The molecule has 0 amide bonds. The number of fused-ring (bicyclic) bond motifs is 1. The number of aromatic nitrogens is 4. The summed E-state index contributed by atoms with van der Waals surface area (Å²) in [7, 11) is 0. The Kier molecular flexibility index (Phi) is 3.84. The minimum absolute atomic E-state index is 0.0324. The molecule has 6 nitrogen and oxygen atoms in total. The quantitative estimate of drug-likeness (QED) is 0.925. The minimum atomic E-state index is -2.70. The van der Waals surface area contributed by atoms with Gasteiger partial charge in [-0.05, 0) is 37.1 Å². The lowest BCUT2D eigenvalue weighted by atomic mass is 9.90. The van der Waals surface area contributed by atoms with Crippen molar-refractivity contribution in [3.63, 3.8) is 0 Å². The molecule has 2 saturated heterocycles. The number of ether oxygens (including phenoxy) is 1. The van der Waals surface area contributed by atoms with Gasteiger partial charge in [-0.25, -0.2) is 8.78 Å². The molecule has 2 aliphatic heterocycles. The Balaban J connectivity index is 1.54. The molecule has 0 bridgehead atoms. The lowest BCUT2D eigenvalue weighted by Crippen LogP contribution is -2.44.